The first-order chi connectivity index (χ1) is 13.4. The van der Waals surface area contributed by atoms with Crippen molar-refractivity contribution in [3.63, 3.8) is 0 Å². The Morgan fingerprint density at radius 3 is 2.61 bits per heavy atom. The molecule has 0 unspecified atom stereocenters. The summed E-state index contributed by atoms with van der Waals surface area (Å²) in [5.41, 5.74) is 0.680. The number of amides is 1. The van der Waals surface area contributed by atoms with Gasteiger partial charge < -0.3 is 14.5 Å². The number of carbonyl (C=O) groups excluding carboxylic acids is 1. The number of nitrogens with zero attached hydrogens (tertiary/aromatic N) is 2. The van der Waals surface area contributed by atoms with Crippen molar-refractivity contribution in [3.8, 4) is 5.75 Å². The van der Waals surface area contributed by atoms with Gasteiger partial charge >= 0.3 is 0 Å². The van der Waals surface area contributed by atoms with E-state index < -0.39 is 0 Å². The summed E-state index contributed by atoms with van der Waals surface area (Å²) >= 11 is 17.9. The van der Waals surface area contributed by atoms with Crippen LogP contribution in [0, 0.1) is 6.92 Å². The summed E-state index contributed by atoms with van der Waals surface area (Å²) < 4.78 is 12.7. The fourth-order valence-corrected chi connectivity index (χ4v) is 2.98. The SMILES string of the molecule is Cc1nn(CCCNC(=O)c2ccc(COc3ccc(Cl)cc3)o2)c(Cl)c1Cl. The average Bonchev–Trinajstić information content (AvgIpc) is 3.26. The number of aryl methyl sites for hydroxylation is 2. The second kappa shape index (κ2) is 9.37. The predicted molar refractivity (Wildman–Crippen MR) is 108 cm³/mol. The van der Waals surface area contributed by atoms with E-state index in [-0.39, 0.29) is 18.3 Å². The van der Waals surface area contributed by atoms with Gasteiger partial charge in [0, 0.05) is 18.1 Å². The van der Waals surface area contributed by atoms with E-state index in [2.05, 4.69) is 10.4 Å². The van der Waals surface area contributed by atoms with Gasteiger partial charge in [-0.2, -0.15) is 5.10 Å². The van der Waals surface area contributed by atoms with Crippen LogP contribution in [0.4, 0.5) is 0 Å². The molecule has 2 aromatic heterocycles. The van der Waals surface area contributed by atoms with Gasteiger partial charge in [-0.05, 0) is 49.7 Å². The van der Waals surface area contributed by atoms with Crippen molar-refractivity contribution < 1.29 is 13.9 Å². The number of halogens is 3. The Hall–Kier alpha value is -2.15. The van der Waals surface area contributed by atoms with E-state index in [9.17, 15) is 4.79 Å². The van der Waals surface area contributed by atoms with Gasteiger partial charge in [0.05, 0.1) is 5.69 Å². The maximum absolute atomic E-state index is 12.2. The molecule has 1 aromatic carbocycles. The zero-order chi connectivity index (χ0) is 20.1. The molecule has 6 nitrogen and oxygen atoms in total. The minimum atomic E-state index is -0.293. The molecule has 0 saturated carbocycles. The first-order valence-corrected chi connectivity index (χ1v) is 9.71. The summed E-state index contributed by atoms with van der Waals surface area (Å²) in [6.07, 6.45) is 0.649. The minimum Gasteiger partial charge on any atom is -0.486 e. The van der Waals surface area contributed by atoms with Crippen molar-refractivity contribution in [2.24, 2.45) is 0 Å². The van der Waals surface area contributed by atoms with Crippen LogP contribution in [0.2, 0.25) is 15.2 Å². The summed E-state index contributed by atoms with van der Waals surface area (Å²) in [6, 6.07) is 10.3. The molecule has 0 aliphatic carbocycles. The van der Waals surface area contributed by atoms with E-state index in [0.29, 0.717) is 51.9 Å². The van der Waals surface area contributed by atoms with Gasteiger partial charge in [0.1, 0.15) is 28.3 Å². The molecule has 148 valence electrons. The second-order valence-electron chi connectivity index (χ2n) is 6.03. The van der Waals surface area contributed by atoms with Crippen LogP contribution < -0.4 is 10.1 Å². The van der Waals surface area contributed by atoms with E-state index in [4.69, 9.17) is 44.0 Å². The Morgan fingerprint density at radius 1 is 1.18 bits per heavy atom. The molecule has 0 aliphatic heterocycles. The maximum Gasteiger partial charge on any atom is 0.286 e. The number of furan rings is 1. The van der Waals surface area contributed by atoms with Crippen molar-refractivity contribution in [1.82, 2.24) is 15.1 Å². The Labute approximate surface area is 177 Å². The molecule has 0 spiro atoms. The first kappa shape index (κ1) is 20.6. The van der Waals surface area contributed by atoms with Gasteiger partial charge in [-0.3, -0.25) is 9.48 Å². The first-order valence-electron chi connectivity index (χ1n) is 8.57. The number of benzene rings is 1. The molecular formula is C19H18Cl3N3O3. The van der Waals surface area contributed by atoms with Crippen LogP contribution in [0.5, 0.6) is 5.75 Å². The highest BCUT2D eigenvalue weighted by atomic mass is 35.5. The molecule has 1 N–H and O–H groups in total. The lowest BCUT2D eigenvalue weighted by atomic mass is 10.3. The molecular weight excluding hydrogens is 425 g/mol. The van der Waals surface area contributed by atoms with Gasteiger partial charge in [-0.1, -0.05) is 34.8 Å². The average molecular weight is 443 g/mol. The molecule has 1 amide bonds. The number of hydrogen-bond acceptors (Lipinski definition) is 4. The third-order valence-corrected chi connectivity index (χ3v) is 5.09. The summed E-state index contributed by atoms with van der Waals surface area (Å²) in [6.45, 7) is 3.00. The maximum atomic E-state index is 12.2. The zero-order valence-corrected chi connectivity index (χ0v) is 17.3. The highest BCUT2D eigenvalue weighted by Gasteiger charge is 2.13. The molecule has 9 heteroatoms. The topological polar surface area (TPSA) is 69.3 Å². The number of ether oxygens (including phenoxy) is 1. The molecule has 0 saturated heterocycles. The number of nitrogens with one attached hydrogen (secondary N) is 1. The predicted octanol–water partition coefficient (Wildman–Crippen LogP) is 5.14. The van der Waals surface area contributed by atoms with Crippen molar-refractivity contribution in [2.45, 2.75) is 26.5 Å². The standard InChI is InChI=1S/C19H18Cl3N3O3/c1-12-17(21)18(22)25(24-12)10-2-9-23-19(26)16-8-7-15(28-16)11-27-14-5-3-13(20)4-6-14/h3-8H,2,9-11H2,1H3,(H,23,26). The highest BCUT2D eigenvalue weighted by molar-refractivity contribution is 6.41. The fourth-order valence-electron chi connectivity index (χ4n) is 2.46. The molecule has 3 rings (SSSR count). The number of hydrogen-bond donors (Lipinski definition) is 1. The molecule has 0 aliphatic rings. The molecule has 0 radical (unpaired) electrons. The lowest BCUT2D eigenvalue weighted by Gasteiger charge is -2.05. The molecule has 3 aromatic rings. The van der Waals surface area contributed by atoms with Gasteiger partial charge in [0.2, 0.25) is 0 Å². The van der Waals surface area contributed by atoms with Crippen molar-refractivity contribution in [2.75, 3.05) is 6.54 Å². The van der Waals surface area contributed by atoms with E-state index in [1.54, 1.807) is 48.0 Å². The molecule has 2 heterocycles. The second-order valence-corrected chi connectivity index (χ2v) is 7.20. The Morgan fingerprint density at radius 2 is 1.93 bits per heavy atom. The minimum absolute atomic E-state index is 0.215. The summed E-state index contributed by atoms with van der Waals surface area (Å²) in [7, 11) is 0. The van der Waals surface area contributed by atoms with Crippen LogP contribution in [-0.4, -0.2) is 22.2 Å². The Kier molecular flexibility index (Phi) is 6.88. The fraction of sp³-hybridized carbons (Fsp3) is 0.263. The van der Waals surface area contributed by atoms with E-state index in [1.165, 1.54) is 0 Å². The molecule has 0 atom stereocenters. The van der Waals surface area contributed by atoms with Crippen molar-refractivity contribution >= 4 is 40.7 Å². The third-order valence-electron chi connectivity index (χ3n) is 3.91. The Balaban J connectivity index is 1.43. The van der Waals surface area contributed by atoms with Crippen LogP contribution in [-0.2, 0) is 13.2 Å². The van der Waals surface area contributed by atoms with Crippen LogP contribution in [0.15, 0.2) is 40.8 Å². The number of rotatable bonds is 8. The van der Waals surface area contributed by atoms with Crippen LogP contribution in [0.25, 0.3) is 0 Å². The summed E-state index contributed by atoms with van der Waals surface area (Å²) in [5.74, 6) is 1.15. The van der Waals surface area contributed by atoms with Gasteiger partial charge in [0.25, 0.3) is 5.91 Å². The smallest absolute Gasteiger partial charge is 0.286 e. The highest BCUT2D eigenvalue weighted by Crippen LogP contribution is 2.25. The number of aromatic nitrogens is 2. The van der Waals surface area contributed by atoms with Crippen LogP contribution in [0.3, 0.4) is 0 Å². The molecule has 0 bridgehead atoms. The van der Waals surface area contributed by atoms with Crippen molar-refractivity contribution in [3.05, 3.63) is 68.8 Å². The monoisotopic (exact) mass is 441 g/mol. The number of carbonyl (C=O) groups is 1. The normalized spacial score (nSPS) is 10.9. The van der Waals surface area contributed by atoms with E-state index in [0.717, 1.165) is 0 Å². The van der Waals surface area contributed by atoms with E-state index in [1.807, 2.05) is 0 Å². The third kappa shape index (κ3) is 5.22. The summed E-state index contributed by atoms with van der Waals surface area (Å²) in [4.78, 5) is 12.2. The summed E-state index contributed by atoms with van der Waals surface area (Å²) in [5, 5.41) is 8.53. The zero-order valence-electron chi connectivity index (χ0n) is 15.0. The van der Waals surface area contributed by atoms with Crippen molar-refractivity contribution in [1.29, 1.82) is 0 Å². The van der Waals surface area contributed by atoms with Crippen LogP contribution >= 0.6 is 34.8 Å². The lowest BCUT2D eigenvalue weighted by molar-refractivity contribution is 0.0921. The van der Waals surface area contributed by atoms with E-state index >= 15 is 0 Å². The van der Waals surface area contributed by atoms with Gasteiger partial charge in [0.15, 0.2) is 5.76 Å². The quantitative estimate of drug-likeness (QED) is 0.490. The molecule has 0 fully saturated rings. The Bertz CT molecular complexity index is 951. The lowest BCUT2D eigenvalue weighted by Crippen LogP contribution is -2.25. The van der Waals surface area contributed by atoms with Crippen LogP contribution in [0.1, 0.15) is 28.4 Å². The molecule has 28 heavy (non-hydrogen) atoms. The largest absolute Gasteiger partial charge is 0.486 e. The van der Waals surface area contributed by atoms with Gasteiger partial charge in [-0.25, -0.2) is 0 Å². The van der Waals surface area contributed by atoms with Gasteiger partial charge in [-0.15, -0.1) is 0 Å².